The second-order valence-corrected chi connectivity index (χ2v) is 4.24. The van der Waals surface area contributed by atoms with Crippen LogP contribution in [0, 0.1) is 0 Å². The van der Waals surface area contributed by atoms with Crippen molar-refractivity contribution < 1.29 is 4.79 Å². The largest absolute Gasteiger partial charge is 0.331 e. The first-order valence-corrected chi connectivity index (χ1v) is 6.43. The van der Waals surface area contributed by atoms with Gasteiger partial charge in [-0.3, -0.25) is 0 Å². The number of aryl methyl sites for hydroxylation is 1. The fraction of sp³-hybridized carbons (Fsp3) is 0.308. The van der Waals surface area contributed by atoms with E-state index >= 15 is 0 Å². The maximum Gasteiger partial charge on any atom is 0.319 e. The van der Waals surface area contributed by atoms with Gasteiger partial charge in [-0.2, -0.15) is 0 Å². The number of carbonyl (C=O) groups excluding carboxylic acids is 1. The van der Waals surface area contributed by atoms with Crippen molar-refractivity contribution in [3.05, 3.63) is 42.0 Å². The molecule has 1 heterocycles. The Morgan fingerprint density at radius 3 is 2.75 bits per heavy atom. The summed E-state index contributed by atoms with van der Waals surface area (Å²) in [5, 5.41) is 13.2. The van der Waals surface area contributed by atoms with Crippen LogP contribution in [0.2, 0.25) is 0 Å². The zero-order valence-corrected chi connectivity index (χ0v) is 11.3. The van der Waals surface area contributed by atoms with Crippen LogP contribution in [-0.2, 0) is 19.6 Å². The maximum atomic E-state index is 11.8. The molecule has 7 nitrogen and oxygen atoms in total. The Hall–Kier alpha value is -2.41. The van der Waals surface area contributed by atoms with E-state index in [1.807, 2.05) is 35.8 Å². The SMILES string of the molecule is CCn1cnnc1CNC(=O)Nc1ccc(CN)cc1. The smallest absolute Gasteiger partial charge is 0.319 e. The molecule has 0 aliphatic rings. The number of hydrogen-bond acceptors (Lipinski definition) is 4. The van der Waals surface area contributed by atoms with Crippen LogP contribution >= 0.6 is 0 Å². The van der Waals surface area contributed by atoms with Gasteiger partial charge < -0.3 is 20.9 Å². The fourth-order valence-corrected chi connectivity index (χ4v) is 1.74. The second kappa shape index (κ2) is 6.67. The van der Waals surface area contributed by atoms with Crippen molar-refractivity contribution in [1.29, 1.82) is 0 Å². The Morgan fingerprint density at radius 2 is 2.10 bits per heavy atom. The summed E-state index contributed by atoms with van der Waals surface area (Å²) in [5.41, 5.74) is 7.25. The van der Waals surface area contributed by atoms with Crippen LogP contribution in [-0.4, -0.2) is 20.8 Å². The summed E-state index contributed by atoms with van der Waals surface area (Å²) >= 11 is 0. The van der Waals surface area contributed by atoms with Crippen molar-refractivity contribution in [3.8, 4) is 0 Å². The van der Waals surface area contributed by atoms with Crippen molar-refractivity contribution in [2.45, 2.75) is 26.6 Å². The lowest BCUT2D eigenvalue weighted by atomic mass is 10.2. The molecule has 7 heteroatoms. The molecule has 0 aliphatic heterocycles. The minimum absolute atomic E-state index is 0.281. The third-order valence-corrected chi connectivity index (χ3v) is 2.89. The van der Waals surface area contributed by atoms with Gasteiger partial charge in [0.25, 0.3) is 0 Å². The number of nitrogens with one attached hydrogen (secondary N) is 2. The fourth-order valence-electron chi connectivity index (χ4n) is 1.74. The van der Waals surface area contributed by atoms with Crippen LogP contribution in [0.25, 0.3) is 0 Å². The standard InChI is InChI=1S/C13H18N6O/c1-2-19-9-16-18-12(19)8-15-13(20)17-11-5-3-10(7-14)4-6-11/h3-6,9H,2,7-8,14H2,1H3,(H2,15,17,20). The number of benzene rings is 1. The number of carbonyl (C=O) groups is 1. The summed E-state index contributed by atoms with van der Waals surface area (Å²) in [6.07, 6.45) is 1.64. The molecule has 4 N–H and O–H groups in total. The highest BCUT2D eigenvalue weighted by molar-refractivity contribution is 5.89. The van der Waals surface area contributed by atoms with Crippen LogP contribution in [0.5, 0.6) is 0 Å². The molecule has 1 aromatic heterocycles. The van der Waals surface area contributed by atoms with Crippen molar-refractivity contribution in [2.24, 2.45) is 5.73 Å². The molecule has 20 heavy (non-hydrogen) atoms. The van der Waals surface area contributed by atoms with Crippen LogP contribution in [0.3, 0.4) is 0 Å². The van der Waals surface area contributed by atoms with E-state index in [0.29, 0.717) is 13.1 Å². The predicted octanol–water partition coefficient (Wildman–Crippen LogP) is 1.08. The molecule has 0 atom stereocenters. The van der Waals surface area contributed by atoms with E-state index in [2.05, 4.69) is 20.8 Å². The van der Waals surface area contributed by atoms with Crippen molar-refractivity contribution in [1.82, 2.24) is 20.1 Å². The molecule has 106 valence electrons. The van der Waals surface area contributed by atoms with E-state index in [1.54, 1.807) is 6.33 Å². The summed E-state index contributed by atoms with van der Waals surface area (Å²) in [5.74, 6) is 0.723. The summed E-state index contributed by atoms with van der Waals surface area (Å²) < 4.78 is 1.87. The lowest BCUT2D eigenvalue weighted by Crippen LogP contribution is -2.29. The van der Waals surface area contributed by atoms with E-state index in [1.165, 1.54) is 0 Å². The lowest BCUT2D eigenvalue weighted by Gasteiger charge is -2.08. The van der Waals surface area contributed by atoms with E-state index in [4.69, 9.17) is 5.73 Å². The zero-order valence-electron chi connectivity index (χ0n) is 11.3. The van der Waals surface area contributed by atoms with Gasteiger partial charge in [-0.15, -0.1) is 10.2 Å². The number of nitrogens with zero attached hydrogens (tertiary/aromatic N) is 3. The number of anilines is 1. The molecule has 2 aromatic rings. The molecule has 0 spiro atoms. The van der Waals surface area contributed by atoms with Crippen molar-refractivity contribution >= 4 is 11.7 Å². The Balaban J connectivity index is 1.86. The number of amides is 2. The van der Waals surface area contributed by atoms with Gasteiger partial charge in [-0.25, -0.2) is 4.79 Å². The number of aromatic nitrogens is 3. The van der Waals surface area contributed by atoms with Gasteiger partial charge >= 0.3 is 6.03 Å². The van der Waals surface area contributed by atoms with Gasteiger partial charge in [0.2, 0.25) is 0 Å². The highest BCUT2D eigenvalue weighted by Gasteiger charge is 2.05. The van der Waals surface area contributed by atoms with E-state index in [-0.39, 0.29) is 6.03 Å². The van der Waals surface area contributed by atoms with Gasteiger partial charge in [0.05, 0.1) is 6.54 Å². The topological polar surface area (TPSA) is 97.9 Å². The second-order valence-electron chi connectivity index (χ2n) is 4.24. The average molecular weight is 274 g/mol. The summed E-state index contributed by atoms with van der Waals surface area (Å²) in [6.45, 7) is 3.58. The Labute approximate surface area is 117 Å². The first-order valence-electron chi connectivity index (χ1n) is 6.43. The van der Waals surface area contributed by atoms with Crippen LogP contribution < -0.4 is 16.4 Å². The summed E-state index contributed by atoms with van der Waals surface area (Å²) in [6, 6.07) is 7.11. The molecular formula is C13H18N6O. The molecule has 0 saturated heterocycles. The van der Waals surface area contributed by atoms with Gasteiger partial charge in [-0.1, -0.05) is 12.1 Å². The van der Waals surface area contributed by atoms with Gasteiger partial charge in [0.1, 0.15) is 6.33 Å². The molecule has 2 amide bonds. The number of urea groups is 1. The molecule has 0 radical (unpaired) electrons. The van der Waals surface area contributed by atoms with Crippen LogP contribution in [0.15, 0.2) is 30.6 Å². The number of rotatable bonds is 5. The Kier molecular flexibility index (Phi) is 4.67. The van der Waals surface area contributed by atoms with Gasteiger partial charge in [-0.05, 0) is 24.6 Å². The molecule has 0 unspecified atom stereocenters. The Morgan fingerprint density at radius 1 is 1.35 bits per heavy atom. The van der Waals surface area contributed by atoms with Crippen molar-refractivity contribution in [2.75, 3.05) is 5.32 Å². The summed E-state index contributed by atoms with van der Waals surface area (Å²) in [4.78, 5) is 11.8. The lowest BCUT2D eigenvalue weighted by molar-refractivity contribution is 0.251. The highest BCUT2D eigenvalue weighted by Crippen LogP contribution is 2.08. The zero-order chi connectivity index (χ0) is 14.4. The van der Waals surface area contributed by atoms with Crippen LogP contribution in [0.4, 0.5) is 10.5 Å². The molecular weight excluding hydrogens is 256 g/mol. The quantitative estimate of drug-likeness (QED) is 0.759. The average Bonchev–Trinajstić information content (AvgIpc) is 2.93. The monoisotopic (exact) mass is 274 g/mol. The normalized spacial score (nSPS) is 10.3. The van der Waals surface area contributed by atoms with E-state index < -0.39 is 0 Å². The Bertz CT molecular complexity index is 562. The molecule has 1 aromatic carbocycles. The van der Waals surface area contributed by atoms with Gasteiger partial charge in [0.15, 0.2) is 5.82 Å². The molecule has 0 aliphatic carbocycles. The molecule has 0 fully saturated rings. The molecule has 0 bridgehead atoms. The third kappa shape index (κ3) is 3.55. The van der Waals surface area contributed by atoms with Crippen LogP contribution in [0.1, 0.15) is 18.3 Å². The third-order valence-electron chi connectivity index (χ3n) is 2.89. The number of nitrogens with two attached hydrogens (primary N) is 1. The van der Waals surface area contributed by atoms with E-state index in [0.717, 1.165) is 23.6 Å². The number of hydrogen-bond donors (Lipinski definition) is 3. The first kappa shape index (κ1) is 14.0. The highest BCUT2D eigenvalue weighted by atomic mass is 16.2. The van der Waals surface area contributed by atoms with Gasteiger partial charge in [0, 0.05) is 18.8 Å². The minimum Gasteiger partial charge on any atom is -0.331 e. The van der Waals surface area contributed by atoms with E-state index in [9.17, 15) is 4.79 Å². The molecule has 0 saturated carbocycles. The first-order chi connectivity index (χ1) is 9.72. The predicted molar refractivity (Wildman–Crippen MR) is 75.9 cm³/mol. The molecule has 2 rings (SSSR count). The minimum atomic E-state index is -0.281. The van der Waals surface area contributed by atoms with Crippen molar-refractivity contribution in [3.63, 3.8) is 0 Å². The maximum absolute atomic E-state index is 11.8. The summed E-state index contributed by atoms with van der Waals surface area (Å²) in [7, 11) is 0.